The number of methoxy groups -OCH3 is 3. The van der Waals surface area contributed by atoms with Crippen LogP contribution in [0.1, 0.15) is 40.5 Å². The lowest BCUT2D eigenvalue weighted by molar-refractivity contribution is 0.0499. The molecule has 2 aromatic carbocycles. The second-order valence-corrected chi connectivity index (χ2v) is 5.81. The van der Waals surface area contributed by atoms with Crippen molar-refractivity contribution in [2.75, 3.05) is 27.9 Å². The molecule has 0 amide bonds. The van der Waals surface area contributed by atoms with Gasteiger partial charge in [-0.25, -0.2) is 9.59 Å². The van der Waals surface area contributed by atoms with Crippen LogP contribution in [0.3, 0.4) is 0 Å². The first-order valence-electron chi connectivity index (χ1n) is 8.83. The molecule has 7 heteroatoms. The third kappa shape index (κ3) is 5.16. The lowest BCUT2D eigenvalue weighted by Gasteiger charge is -2.13. The summed E-state index contributed by atoms with van der Waals surface area (Å²) in [5, 5.41) is 0. The Morgan fingerprint density at radius 2 is 1.43 bits per heavy atom. The Bertz CT molecular complexity index is 812. The first-order chi connectivity index (χ1) is 13.5. The van der Waals surface area contributed by atoms with Crippen molar-refractivity contribution in [3.05, 3.63) is 47.5 Å². The number of esters is 2. The van der Waals surface area contributed by atoms with Crippen LogP contribution in [0.2, 0.25) is 0 Å². The summed E-state index contributed by atoms with van der Waals surface area (Å²) in [7, 11) is 4.40. The fourth-order valence-corrected chi connectivity index (χ4v) is 2.40. The van der Waals surface area contributed by atoms with Crippen LogP contribution in [0.4, 0.5) is 0 Å². The van der Waals surface area contributed by atoms with Gasteiger partial charge in [-0.3, -0.25) is 0 Å². The molecule has 150 valence electrons. The molecule has 0 unspecified atom stereocenters. The Hall–Kier alpha value is -3.22. The van der Waals surface area contributed by atoms with Crippen molar-refractivity contribution >= 4 is 11.9 Å². The predicted molar refractivity (Wildman–Crippen MR) is 103 cm³/mol. The molecule has 0 aliphatic carbocycles. The molecule has 2 aromatic rings. The van der Waals surface area contributed by atoms with Gasteiger partial charge in [-0.2, -0.15) is 0 Å². The molecule has 0 heterocycles. The average Bonchev–Trinajstić information content (AvgIpc) is 2.73. The van der Waals surface area contributed by atoms with Crippen molar-refractivity contribution in [1.82, 2.24) is 0 Å². The van der Waals surface area contributed by atoms with E-state index in [9.17, 15) is 9.59 Å². The number of ether oxygens (including phenoxy) is 5. The maximum absolute atomic E-state index is 12.6. The summed E-state index contributed by atoms with van der Waals surface area (Å²) in [5.41, 5.74) is 0.572. The molecule has 0 fully saturated rings. The van der Waals surface area contributed by atoms with Gasteiger partial charge in [0.2, 0.25) is 0 Å². The molecular formula is C21H24O7. The van der Waals surface area contributed by atoms with Crippen molar-refractivity contribution in [3.63, 3.8) is 0 Å². The monoisotopic (exact) mass is 388 g/mol. The predicted octanol–water partition coefficient (Wildman–Crippen LogP) is 3.89. The summed E-state index contributed by atoms with van der Waals surface area (Å²) in [6, 6.07) is 9.18. The molecule has 0 aromatic heterocycles. The van der Waals surface area contributed by atoms with Gasteiger partial charge < -0.3 is 23.7 Å². The number of carbonyl (C=O) groups is 2. The Morgan fingerprint density at radius 3 is 2.00 bits per heavy atom. The lowest BCUT2D eigenvalue weighted by atomic mass is 10.1. The van der Waals surface area contributed by atoms with Gasteiger partial charge in [-0.15, -0.1) is 0 Å². The summed E-state index contributed by atoms with van der Waals surface area (Å²) in [6.07, 6.45) is 1.76. The third-order valence-corrected chi connectivity index (χ3v) is 3.96. The van der Waals surface area contributed by atoms with Crippen molar-refractivity contribution in [2.24, 2.45) is 0 Å². The topological polar surface area (TPSA) is 80.3 Å². The highest BCUT2D eigenvalue weighted by atomic mass is 16.5. The molecule has 0 N–H and O–H groups in total. The van der Waals surface area contributed by atoms with Gasteiger partial charge in [-0.1, -0.05) is 13.3 Å². The van der Waals surface area contributed by atoms with Crippen LogP contribution >= 0.6 is 0 Å². The number of unbranched alkanes of at least 4 members (excludes halogenated alkanes) is 1. The van der Waals surface area contributed by atoms with E-state index < -0.39 is 11.9 Å². The minimum Gasteiger partial charge on any atom is -0.496 e. The van der Waals surface area contributed by atoms with Gasteiger partial charge in [0, 0.05) is 12.1 Å². The number of rotatable bonds is 9. The molecule has 0 aliphatic rings. The van der Waals surface area contributed by atoms with E-state index in [1.54, 1.807) is 18.2 Å². The number of hydrogen-bond donors (Lipinski definition) is 0. The van der Waals surface area contributed by atoms with Crippen LogP contribution in [0.25, 0.3) is 0 Å². The number of hydrogen-bond acceptors (Lipinski definition) is 7. The van der Waals surface area contributed by atoms with E-state index in [-0.39, 0.29) is 11.3 Å². The van der Waals surface area contributed by atoms with Gasteiger partial charge in [0.15, 0.2) is 11.5 Å². The van der Waals surface area contributed by atoms with Gasteiger partial charge >= 0.3 is 11.9 Å². The third-order valence-electron chi connectivity index (χ3n) is 3.96. The molecule has 0 saturated heterocycles. The minimum atomic E-state index is -0.629. The van der Waals surface area contributed by atoms with E-state index in [0.717, 1.165) is 12.8 Å². The summed E-state index contributed by atoms with van der Waals surface area (Å²) in [6.45, 7) is 2.40. The molecule has 0 spiro atoms. The molecule has 2 rings (SSSR count). The zero-order valence-electron chi connectivity index (χ0n) is 16.4. The summed E-state index contributed by atoms with van der Waals surface area (Å²) < 4.78 is 26.2. The highest BCUT2D eigenvalue weighted by Gasteiger charge is 2.20. The van der Waals surface area contributed by atoms with Crippen LogP contribution < -0.4 is 18.9 Å². The number of carbonyl (C=O) groups excluding carboxylic acids is 2. The van der Waals surface area contributed by atoms with Gasteiger partial charge in [0.1, 0.15) is 17.1 Å². The fourth-order valence-electron chi connectivity index (χ4n) is 2.40. The fraction of sp³-hybridized carbons (Fsp3) is 0.333. The maximum atomic E-state index is 12.6. The van der Waals surface area contributed by atoms with Crippen molar-refractivity contribution in [3.8, 4) is 23.0 Å². The molecule has 0 saturated carbocycles. The minimum absolute atomic E-state index is 0.184. The highest BCUT2D eigenvalue weighted by Crippen LogP contribution is 2.35. The Morgan fingerprint density at radius 1 is 0.821 bits per heavy atom. The molecule has 7 nitrogen and oxygen atoms in total. The maximum Gasteiger partial charge on any atom is 0.347 e. The standard InChI is InChI=1S/C21H24O7/c1-5-6-11-27-20(22)14-7-9-15(10-8-14)28-21(23)16-12-18(25-3)19(26-4)13-17(16)24-2/h7-10,12-13H,5-6,11H2,1-4H3. The summed E-state index contributed by atoms with van der Waals surface area (Å²) >= 11 is 0. The van der Waals surface area contributed by atoms with Crippen LogP contribution in [0, 0.1) is 0 Å². The Labute approximate surface area is 164 Å². The highest BCUT2D eigenvalue weighted by molar-refractivity contribution is 5.95. The normalized spacial score (nSPS) is 10.1. The molecule has 0 aliphatic heterocycles. The quantitative estimate of drug-likeness (QED) is 0.366. The summed E-state index contributed by atoms with van der Waals surface area (Å²) in [4.78, 5) is 24.5. The van der Waals surface area contributed by atoms with E-state index in [4.69, 9.17) is 23.7 Å². The molecule has 0 bridgehead atoms. The molecule has 0 radical (unpaired) electrons. The lowest BCUT2D eigenvalue weighted by Crippen LogP contribution is -2.11. The zero-order valence-corrected chi connectivity index (χ0v) is 16.4. The zero-order chi connectivity index (χ0) is 20.5. The van der Waals surface area contributed by atoms with Crippen LogP contribution in [0.15, 0.2) is 36.4 Å². The Balaban J connectivity index is 2.13. The van der Waals surface area contributed by atoms with Crippen molar-refractivity contribution in [1.29, 1.82) is 0 Å². The van der Waals surface area contributed by atoms with Gasteiger partial charge in [0.05, 0.1) is 33.5 Å². The second-order valence-electron chi connectivity index (χ2n) is 5.81. The second kappa shape index (κ2) is 10.2. The first kappa shape index (κ1) is 21.1. The summed E-state index contributed by atoms with van der Waals surface area (Å²) in [5.74, 6) is 0.344. The van der Waals surface area contributed by atoms with Crippen LogP contribution in [-0.2, 0) is 4.74 Å². The largest absolute Gasteiger partial charge is 0.496 e. The average molecular weight is 388 g/mol. The van der Waals surface area contributed by atoms with E-state index >= 15 is 0 Å². The van der Waals surface area contributed by atoms with E-state index in [1.807, 2.05) is 6.92 Å². The first-order valence-corrected chi connectivity index (χ1v) is 8.83. The molecule has 0 atom stereocenters. The van der Waals surface area contributed by atoms with Crippen molar-refractivity contribution in [2.45, 2.75) is 19.8 Å². The van der Waals surface area contributed by atoms with Gasteiger partial charge in [0.25, 0.3) is 0 Å². The van der Waals surface area contributed by atoms with E-state index in [0.29, 0.717) is 29.4 Å². The van der Waals surface area contributed by atoms with E-state index in [2.05, 4.69) is 0 Å². The molecule has 28 heavy (non-hydrogen) atoms. The van der Waals surface area contributed by atoms with Crippen molar-refractivity contribution < 1.29 is 33.3 Å². The van der Waals surface area contributed by atoms with Gasteiger partial charge in [-0.05, 0) is 30.7 Å². The Kier molecular flexibility index (Phi) is 7.68. The van der Waals surface area contributed by atoms with Crippen LogP contribution in [0.5, 0.6) is 23.0 Å². The SMILES string of the molecule is CCCCOC(=O)c1ccc(OC(=O)c2cc(OC)c(OC)cc2OC)cc1. The van der Waals surface area contributed by atoms with E-state index in [1.165, 1.54) is 39.5 Å². The van der Waals surface area contributed by atoms with Crippen LogP contribution in [-0.4, -0.2) is 39.9 Å². The molecular weight excluding hydrogens is 364 g/mol. The number of benzene rings is 2. The smallest absolute Gasteiger partial charge is 0.347 e.